The highest BCUT2D eigenvalue weighted by molar-refractivity contribution is 5.79. The third-order valence-electron chi connectivity index (χ3n) is 3.06. The lowest BCUT2D eigenvalue weighted by atomic mass is 10.1. The van der Waals surface area contributed by atoms with Crippen LogP contribution in [0.5, 0.6) is 0 Å². The Bertz CT molecular complexity index is 525. The molecule has 0 unspecified atom stereocenters. The zero-order valence-electron chi connectivity index (χ0n) is 13.2. The van der Waals surface area contributed by atoms with Crippen LogP contribution in [0, 0.1) is 17.1 Å². The molecule has 5 nitrogen and oxygen atoms in total. The number of unbranched alkanes of at least 4 members (excludes halogenated alkanes) is 1. The van der Waals surface area contributed by atoms with Gasteiger partial charge in [-0.05, 0) is 38.0 Å². The Kier molecular flexibility index (Phi) is 8.61. The van der Waals surface area contributed by atoms with Gasteiger partial charge in [0.25, 0.3) is 0 Å². The summed E-state index contributed by atoms with van der Waals surface area (Å²) in [4.78, 5) is 4.09. The Morgan fingerprint density at radius 2 is 2.18 bits per heavy atom. The zero-order chi connectivity index (χ0) is 16.2. The van der Waals surface area contributed by atoms with Crippen molar-refractivity contribution >= 4 is 5.96 Å². The molecule has 0 aliphatic heterocycles. The van der Waals surface area contributed by atoms with E-state index in [4.69, 9.17) is 10.00 Å². The van der Waals surface area contributed by atoms with Crippen LogP contribution >= 0.6 is 0 Å². The van der Waals surface area contributed by atoms with Crippen molar-refractivity contribution < 1.29 is 9.13 Å². The number of halogens is 1. The van der Waals surface area contributed by atoms with E-state index >= 15 is 0 Å². The molecule has 0 radical (unpaired) electrons. The summed E-state index contributed by atoms with van der Waals surface area (Å²) in [5.74, 6) is 0.275. The summed E-state index contributed by atoms with van der Waals surface area (Å²) in [6, 6.07) is 6.31. The summed E-state index contributed by atoms with van der Waals surface area (Å²) in [6.45, 7) is 4.53. The van der Waals surface area contributed by atoms with Gasteiger partial charge in [-0.2, -0.15) is 5.26 Å². The van der Waals surface area contributed by atoms with E-state index in [0.29, 0.717) is 17.1 Å². The number of hydrogen-bond donors (Lipinski definition) is 2. The second kappa shape index (κ2) is 10.6. The first-order valence-electron chi connectivity index (χ1n) is 7.42. The standard InChI is InChI=1S/C16H23FN4O/c1-3-22-9-5-4-8-20-16(19-2)21-12-14-10-13(11-18)6-7-15(14)17/h6-7,10H,3-5,8-9,12H2,1-2H3,(H2,19,20,21). The number of guanidine groups is 1. The Labute approximate surface area is 131 Å². The summed E-state index contributed by atoms with van der Waals surface area (Å²) in [6.07, 6.45) is 1.95. The van der Waals surface area contributed by atoms with Crippen molar-refractivity contribution in [2.45, 2.75) is 26.3 Å². The van der Waals surface area contributed by atoms with Crippen LogP contribution in [-0.2, 0) is 11.3 Å². The van der Waals surface area contributed by atoms with Gasteiger partial charge in [-0.3, -0.25) is 4.99 Å². The summed E-state index contributed by atoms with van der Waals surface area (Å²) in [7, 11) is 1.66. The van der Waals surface area contributed by atoms with Gasteiger partial charge in [-0.1, -0.05) is 0 Å². The van der Waals surface area contributed by atoms with E-state index in [2.05, 4.69) is 15.6 Å². The van der Waals surface area contributed by atoms with Gasteiger partial charge >= 0.3 is 0 Å². The van der Waals surface area contributed by atoms with E-state index in [9.17, 15) is 4.39 Å². The monoisotopic (exact) mass is 306 g/mol. The van der Waals surface area contributed by atoms with Gasteiger partial charge in [0.15, 0.2) is 5.96 Å². The maximum atomic E-state index is 13.7. The number of rotatable bonds is 8. The lowest BCUT2D eigenvalue weighted by Crippen LogP contribution is -2.37. The molecule has 6 heteroatoms. The topological polar surface area (TPSA) is 69.4 Å². The molecule has 22 heavy (non-hydrogen) atoms. The summed E-state index contributed by atoms with van der Waals surface area (Å²) >= 11 is 0. The molecule has 1 aromatic rings. The summed E-state index contributed by atoms with van der Waals surface area (Å²) < 4.78 is 18.9. The minimum absolute atomic E-state index is 0.278. The zero-order valence-corrected chi connectivity index (χ0v) is 13.2. The number of hydrogen-bond acceptors (Lipinski definition) is 3. The van der Waals surface area contributed by atoms with Gasteiger partial charge in [0, 0.05) is 38.9 Å². The lowest BCUT2D eigenvalue weighted by molar-refractivity contribution is 0.143. The SMILES string of the molecule is CCOCCCCNC(=NC)NCc1cc(C#N)ccc1F. The number of aliphatic imine (C=N–C) groups is 1. The molecule has 0 spiro atoms. The van der Waals surface area contributed by atoms with Crippen molar-refractivity contribution in [2.24, 2.45) is 4.99 Å². The van der Waals surface area contributed by atoms with Crippen LogP contribution in [0.15, 0.2) is 23.2 Å². The van der Waals surface area contributed by atoms with Crippen molar-refractivity contribution in [2.75, 3.05) is 26.8 Å². The predicted octanol–water partition coefficient (Wildman–Crippen LogP) is 2.18. The normalized spacial score (nSPS) is 11.1. The largest absolute Gasteiger partial charge is 0.382 e. The molecule has 0 fully saturated rings. The summed E-state index contributed by atoms with van der Waals surface area (Å²) in [5, 5.41) is 15.0. The Balaban J connectivity index is 2.37. The second-order valence-electron chi connectivity index (χ2n) is 4.67. The molecule has 0 atom stereocenters. The molecule has 0 heterocycles. The molecular weight excluding hydrogens is 283 g/mol. The van der Waals surface area contributed by atoms with Crippen molar-refractivity contribution in [3.8, 4) is 6.07 Å². The van der Waals surface area contributed by atoms with E-state index in [1.807, 2.05) is 13.0 Å². The van der Waals surface area contributed by atoms with Gasteiger partial charge in [-0.15, -0.1) is 0 Å². The van der Waals surface area contributed by atoms with Gasteiger partial charge in [0.2, 0.25) is 0 Å². The van der Waals surface area contributed by atoms with Crippen LogP contribution in [0.2, 0.25) is 0 Å². The number of benzene rings is 1. The highest BCUT2D eigenvalue weighted by Gasteiger charge is 2.05. The molecule has 1 rings (SSSR count). The van der Waals surface area contributed by atoms with Gasteiger partial charge in [0.05, 0.1) is 11.6 Å². The van der Waals surface area contributed by atoms with E-state index < -0.39 is 0 Å². The van der Waals surface area contributed by atoms with E-state index in [-0.39, 0.29) is 12.4 Å². The van der Waals surface area contributed by atoms with Crippen molar-refractivity contribution in [1.82, 2.24) is 10.6 Å². The Hall–Kier alpha value is -2.13. The average molecular weight is 306 g/mol. The molecule has 0 bridgehead atoms. The van der Waals surface area contributed by atoms with E-state index in [1.54, 1.807) is 7.05 Å². The molecule has 0 amide bonds. The van der Waals surface area contributed by atoms with Crippen molar-refractivity contribution in [3.05, 3.63) is 35.1 Å². The molecule has 2 N–H and O–H groups in total. The fourth-order valence-electron chi connectivity index (χ4n) is 1.86. The number of nitrogens with one attached hydrogen (secondary N) is 2. The maximum absolute atomic E-state index is 13.7. The van der Waals surface area contributed by atoms with Crippen LogP contribution < -0.4 is 10.6 Å². The van der Waals surface area contributed by atoms with Crippen molar-refractivity contribution in [1.29, 1.82) is 5.26 Å². The van der Waals surface area contributed by atoms with Crippen LogP contribution in [0.3, 0.4) is 0 Å². The predicted molar refractivity (Wildman–Crippen MR) is 85.0 cm³/mol. The van der Waals surface area contributed by atoms with Crippen LogP contribution in [-0.4, -0.2) is 32.8 Å². The molecule has 120 valence electrons. The minimum Gasteiger partial charge on any atom is -0.382 e. The van der Waals surface area contributed by atoms with Gasteiger partial charge in [-0.25, -0.2) is 4.39 Å². The van der Waals surface area contributed by atoms with E-state index in [1.165, 1.54) is 18.2 Å². The number of nitrogens with zero attached hydrogens (tertiary/aromatic N) is 2. The molecule has 0 aliphatic carbocycles. The van der Waals surface area contributed by atoms with Crippen LogP contribution in [0.4, 0.5) is 4.39 Å². The fraction of sp³-hybridized carbons (Fsp3) is 0.500. The highest BCUT2D eigenvalue weighted by atomic mass is 19.1. The first-order chi connectivity index (χ1) is 10.7. The van der Waals surface area contributed by atoms with Crippen molar-refractivity contribution in [3.63, 3.8) is 0 Å². The second-order valence-corrected chi connectivity index (χ2v) is 4.67. The Morgan fingerprint density at radius 1 is 1.36 bits per heavy atom. The first-order valence-corrected chi connectivity index (χ1v) is 7.42. The van der Waals surface area contributed by atoms with Gasteiger partial charge in [0.1, 0.15) is 5.82 Å². The maximum Gasteiger partial charge on any atom is 0.191 e. The first kappa shape index (κ1) is 17.9. The molecule has 0 aromatic heterocycles. The molecular formula is C16H23FN4O. The van der Waals surface area contributed by atoms with Crippen LogP contribution in [0.25, 0.3) is 0 Å². The fourth-order valence-corrected chi connectivity index (χ4v) is 1.86. The third-order valence-corrected chi connectivity index (χ3v) is 3.06. The van der Waals surface area contributed by atoms with E-state index in [0.717, 1.165) is 32.6 Å². The summed E-state index contributed by atoms with van der Waals surface area (Å²) in [5.41, 5.74) is 0.885. The highest BCUT2D eigenvalue weighted by Crippen LogP contribution is 2.09. The average Bonchev–Trinajstić information content (AvgIpc) is 2.55. The van der Waals surface area contributed by atoms with Gasteiger partial charge < -0.3 is 15.4 Å². The molecule has 0 aliphatic rings. The lowest BCUT2D eigenvalue weighted by Gasteiger charge is -2.12. The van der Waals surface area contributed by atoms with Crippen LogP contribution in [0.1, 0.15) is 30.9 Å². The quantitative estimate of drug-likeness (QED) is 0.439. The number of nitriles is 1. The minimum atomic E-state index is -0.335. The third kappa shape index (κ3) is 6.55. The smallest absolute Gasteiger partial charge is 0.191 e. The molecule has 1 aromatic carbocycles. The Morgan fingerprint density at radius 3 is 2.86 bits per heavy atom. The number of ether oxygens (including phenoxy) is 1. The molecule has 0 saturated heterocycles. The molecule has 0 saturated carbocycles.